The number of aromatic nitrogens is 2. The van der Waals surface area contributed by atoms with Gasteiger partial charge in [0.15, 0.2) is 0 Å². The summed E-state index contributed by atoms with van der Waals surface area (Å²) in [5, 5.41) is 3.14. The Morgan fingerprint density at radius 3 is 2.50 bits per heavy atom. The third-order valence-electron chi connectivity index (χ3n) is 6.07. The van der Waals surface area contributed by atoms with Gasteiger partial charge in [0.2, 0.25) is 0 Å². The normalized spacial score (nSPS) is 14.8. The van der Waals surface area contributed by atoms with Gasteiger partial charge in [-0.1, -0.05) is 19.3 Å². The average Bonchev–Trinajstić information content (AvgIpc) is 3.19. The van der Waals surface area contributed by atoms with Crippen molar-refractivity contribution in [2.75, 3.05) is 23.3 Å². The lowest BCUT2D eigenvalue weighted by molar-refractivity contribution is 0.102. The number of hydrogen-bond acceptors (Lipinski definition) is 3. The minimum atomic E-state index is -0.0952. The number of anilines is 2. The highest BCUT2D eigenvalue weighted by Crippen LogP contribution is 2.35. The highest BCUT2D eigenvalue weighted by Gasteiger charge is 2.21. The number of carbonyl (C=O) groups excluding carboxylic acids is 1. The number of rotatable bonds is 6. The summed E-state index contributed by atoms with van der Waals surface area (Å²) in [5.41, 5.74) is 4.47. The van der Waals surface area contributed by atoms with Crippen LogP contribution in [0.25, 0.3) is 11.0 Å². The second kappa shape index (κ2) is 9.37. The standard InChI is InChI=1S/C24H29IN4O/c1-3-29(4-2)22-15-20-19(26-23(27-20)16-8-6-5-7-9-16)14-21(22)28-24(30)17-10-12-18(25)13-11-17/h10-16H,3-9H2,1-2H3,(H,26,27)(H,28,30). The molecule has 0 spiro atoms. The number of nitrogens with one attached hydrogen (secondary N) is 2. The zero-order chi connectivity index (χ0) is 21.1. The minimum absolute atomic E-state index is 0.0952. The van der Waals surface area contributed by atoms with E-state index in [9.17, 15) is 4.79 Å². The van der Waals surface area contributed by atoms with Crippen LogP contribution in [0.4, 0.5) is 11.4 Å². The lowest BCUT2D eigenvalue weighted by atomic mass is 9.89. The molecule has 1 heterocycles. The summed E-state index contributed by atoms with van der Waals surface area (Å²) < 4.78 is 1.11. The van der Waals surface area contributed by atoms with Gasteiger partial charge in [-0.3, -0.25) is 4.79 Å². The summed E-state index contributed by atoms with van der Waals surface area (Å²) in [6.45, 7) is 6.02. The third kappa shape index (κ3) is 4.48. The fourth-order valence-corrected chi connectivity index (χ4v) is 4.72. The number of aromatic amines is 1. The lowest BCUT2D eigenvalue weighted by Gasteiger charge is -2.24. The molecule has 0 bridgehead atoms. The Hall–Kier alpha value is -2.09. The second-order valence-corrected chi connectivity index (χ2v) is 9.22. The van der Waals surface area contributed by atoms with Crippen LogP contribution in [0.5, 0.6) is 0 Å². The molecule has 1 aliphatic rings. The molecule has 6 heteroatoms. The van der Waals surface area contributed by atoms with Gasteiger partial charge in [0.25, 0.3) is 5.91 Å². The number of imidazole rings is 1. The molecule has 1 saturated carbocycles. The fourth-order valence-electron chi connectivity index (χ4n) is 4.36. The van der Waals surface area contributed by atoms with E-state index in [0.29, 0.717) is 11.5 Å². The molecule has 0 saturated heterocycles. The van der Waals surface area contributed by atoms with Crippen molar-refractivity contribution in [3.8, 4) is 0 Å². The molecule has 1 fully saturated rings. The first-order valence-electron chi connectivity index (χ1n) is 10.9. The Labute approximate surface area is 191 Å². The zero-order valence-corrected chi connectivity index (χ0v) is 19.8. The Balaban J connectivity index is 1.70. The maximum atomic E-state index is 12.9. The summed E-state index contributed by atoms with van der Waals surface area (Å²) in [6, 6.07) is 11.8. The summed E-state index contributed by atoms with van der Waals surface area (Å²) in [7, 11) is 0. The van der Waals surface area contributed by atoms with Crippen molar-refractivity contribution < 1.29 is 4.79 Å². The third-order valence-corrected chi connectivity index (χ3v) is 6.79. The Morgan fingerprint density at radius 1 is 1.13 bits per heavy atom. The van der Waals surface area contributed by atoms with Crippen molar-refractivity contribution in [1.82, 2.24) is 9.97 Å². The molecule has 0 atom stereocenters. The van der Waals surface area contributed by atoms with Gasteiger partial charge in [0, 0.05) is 28.1 Å². The monoisotopic (exact) mass is 516 g/mol. The van der Waals surface area contributed by atoms with Gasteiger partial charge in [-0.05, 0) is 85.7 Å². The quantitative estimate of drug-likeness (QED) is 0.378. The van der Waals surface area contributed by atoms with E-state index in [2.05, 4.69) is 57.7 Å². The maximum Gasteiger partial charge on any atom is 0.255 e. The molecule has 1 aliphatic carbocycles. The molecule has 3 aromatic rings. The Kier molecular flexibility index (Phi) is 6.61. The molecule has 1 amide bonds. The van der Waals surface area contributed by atoms with Crippen LogP contribution in [-0.2, 0) is 0 Å². The van der Waals surface area contributed by atoms with Gasteiger partial charge in [-0.15, -0.1) is 0 Å². The molecule has 0 unspecified atom stereocenters. The van der Waals surface area contributed by atoms with Crippen molar-refractivity contribution in [3.63, 3.8) is 0 Å². The van der Waals surface area contributed by atoms with Crippen molar-refractivity contribution in [2.45, 2.75) is 51.9 Å². The molecule has 2 N–H and O–H groups in total. The molecule has 0 aliphatic heterocycles. The van der Waals surface area contributed by atoms with Gasteiger partial charge in [-0.2, -0.15) is 0 Å². The highest BCUT2D eigenvalue weighted by molar-refractivity contribution is 14.1. The number of benzene rings is 2. The van der Waals surface area contributed by atoms with Crippen LogP contribution in [0.2, 0.25) is 0 Å². The molecule has 4 rings (SSSR count). The number of nitrogens with zero attached hydrogens (tertiary/aromatic N) is 2. The van der Waals surface area contributed by atoms with E-state index in [0.717, 1.165) is 44.9 Å². The summed E-state index contributed by atoms with van der Waals surface area (Å²) in [5.74, 6) is 1.52. The molecule has 30 heavy (non-hydrogen) atoms. The average molecular weight is 516 g/mol. The SMILES string of the molecule is CCN(CC)c1cc2[nH]c(C3CCCCC3)nc2cc1NC(=O)c1ccc(I)cc1. The first kappa shape index (κ1) is 21.2. The van der Waals surface area contributed by atoms with E-state index in [1.54, 1.807) is 0 Å². The summed E-state index contributed by atoms with van der Waals surface area (Å²) >= 11 is 2.25. The number of halogens is 1. The van der Waals surface area contributed by atoms with Crippen molar-refractivity contribution in [2.24, 2.45) is 0 Å². The fraction of sp³-hybridized carbons (Fsp3) is 0.417. The Bertz CT molecular complexity index is 1020. The first-order chi connectivity index (χ1) is 14.6. The molecule has 5 nitrogen and oxygen atoms in total. The van der Waals surface area contributed by atoms with Crippen LogP contribution in [-0.4, -0.2) is 29.0 Å². The highest BCUT2D eigenvalue weighted by atomic mass is 127. The van der Waals surface area contributed by atoms with Gasteiger partial charge in [0.1, 0.15) is 5.82 Å². The van der Waals surface area contributed by atoms with Crippen molar-refractivity contribution >= 4 is 50.9 Å². The molecule has 2 aromatic carbocycles. The van der Waals surface area contributed by atoms with Crippen LogP contribution in [0.1, 0.15) is 68.1 Å². The number of amides is 1. The van der Waals surface area contributed by atoms with Gasteiger partial charge in [0.05, 0.1) is 22.4 Å². The van der Waals surface area contributed by atoms with Gasteiger partial charge in [-0.25, -0.2) is 4.98 Å². The van der Waals surface area contributed by atoms with E-state index in [4.69, 9.17) is 4.98 Å². The van der Waals surface area contributed by atoms with Gasteiger partial charge < -0.3 is 15.2 Å². The predicted molar refractivity (Wildman–Crippen MR) is 133 cm³/mol. The van der Waals surface area contributed by atoms with Crippen molar-refractivity contribution in [3.05, 3.63) is 51.4 Å². The number of H-pyrrole nitrogens is 1. The van der Waals surface area contributed by atoms with Gasteiger partial charge >= 0.3 is 0 Å². The predicted octanol–water partition coefficient (Wildman–Crippen LogP) is 6.31. The number of carbonyl (C=O) groups is 1. The smallest absolute Gasteiger partial charge is 0.255 e. The molecular weight excluding hydrogens is 487 g/mol. The lowest BCUT2D eigenvalue weighted by Crippen LogP contribution is -2.24. The van der Waals surface area contributed by atoms with Crippen LogP contribution in [0.15, 0.2) is 36.4 Å². The van der Waals surface area contributed by atoms with Crippen molar-refractivity contribution in [1.29, 1.82) is 0 Å². The topological polar surface area (TPSA) is 61.0 Å². The van der Waals surface area contributed by atoms with Crippen LogP contribution >= 0.6 is 22.6 Å². The summed E-state index contributed by atoms with van der Waals surface area (Å²) in [6.07, 6.45) is 6.31. The molecule has 1 aromatic heterocycles. The Morgan fingerprint density at radius 2 is 1.83 bits per heavy atom. The largest absolute Gasteiger partial charge is 0.370 e. The van der Waals surface area contributed by atoms with Crippen LogP contribution in [0, 0.1) is 3.57 Å². The van der Waals surface area contributed by atoms with E-state index in [1.165, 1.54) is 32.1 Å². The zero-order valence-electron chi connectivity index (χ0n) is 17.7. The number of hydrogen-bond donors (Lipinski definition) is 2. The van der Waals surface area contributed by atoms with E-state index < -0.39 is 0 Å². The number of fused-ring (bicyclic) bond motifs is 1. The van der Waals surface area contributed by atoms with E-state index in [1.807, 2.05) is 30.3 Å². The van der Waals surface area contributed by atoms with Crippen LogP contribution < -0.4 is 10.2 Å². The minimum Gasteiger partial charge on any atom is -0.370 e. The van der Waals surface area contributed by atoms with E-state index in [-0.39, 0.29) is 5.91 Å². The molecule has 158 valence electrons. The second-order valence-electron chi connectivity index (χ2n) is 7.98. The van der Waals surface area contributed by atoms with E-state index >= 15 is 0 Å². The maximum absolute atomic E-state index is 12.9. The van der Waals surface area contributed by atoms with Crippen LogP contribution in [0.3, 0.4) is 0 Å². The summed E-state index contributed by atoms with van der Waals surface area (Å²) in [4.78, 5) is 23.7. The molecular formula is C24H29IN4O. The first-order valence-corrected chi connectivity index (χ1v) is 12.0. The molecule has 0 radical (unpaired) electrons.